The first-order chi connectivity index (χ1) is 15.3. The first-order valence-corrected chi connectivity index (χ1v) is 11.9. The average Bonchev–Trinajstić information content (AvgIpc) is 3.33. The zero-order valence-electron chi connectivity index (χ0n) is 16.6. The number of fused-ring (bicyclic) bond motifs is 1. The van der Waals surface area contributed by atoms with Crippen LogP contribution in [0.15, 0.2) is 22.1 Å². The summed E-state index contributed by atoms with van der Waals surface area (Å²) >= 11 is 3.47. The van der Waals surface area contributed by atoms with Crippen LogP contribution in [0.3, 0.4) is 0 Å². The van der Waals surface area contributed by atoms with E-state index >= 15 is 0 Å². The molecule has 2 aromatic heterocycles. The Labute approximate surface area is 222 Å². The Bertz CT molecular complexity index is 1150. The van der Waals surface area contributed by atoms with Gasteiger partial charge in [-0.1, -0.05) is 23.0 Å². The number of aliphatic carboxylic acids is 1. The predicted octanol–water partition coefficient (Wildman–Crippen LogP) is 0.704. The van der Waals surface area contributed by atoms with Gasteiger partial charge in [0.05, 0.1) is 35.1 Å². The van der Waals surface area contributed by atoms with E-state index in [1.165, 1.54) is 33.6 Å². The zero-order chi connectivity index (χ0) is 23.0. The number of hydrogen-bond acceptors (Lipinski definition) is 11. The van der Waals surface area contributed by atoms with Gasteiger partial charge in [0.15, 0.2) is 10.5 Å². The molecule has 2 fully saturated rings. The topological polar surface area (TPSA) is 171 Å². The number of aryl methyl sites for hydroxylation is 1. The van der Waals surface area contributed by atoms with Crippen LogP contribution in [0.2, 0.25) is 0 Å². The summed E-state index contributed by atoms with van der Waals surface area (Å²) in [6.07, 6.45) is 1.59. The van der Waals surface area contributed by atoms with Crippen molar-refractivity contribution in [2.75, 3.05) is 5.73 Å². The summed E-state index contributed by atoms with van der Waals surface area (Å²) in [5.41, 5.74) is 6.34. The molecule has 0 saturated carbocycles. The van der Waals surface area contributed by atoms with E-state index in [0.717, 1.165) is 11.8 Å². The number of thiazole rings is 2. The van der Waals surface area contributed by atoms with Gasteiger partial charge in [0.2, 0.25) is 11.8 Å². The van der Waals surface area contributed by atoms with E-state index in [2.05, 4.69) is 20.4 Å². The third-order valence-corrected chi connectivity index (χ3v) is 8.12. The second-order valence-electron chi connectivity index (χ2n) is 7.12. The Hall–Kier alpha value is -1.97. The molecule has 3 atom stereocenters. The van der Waals surface area contributed by atoms with Crippen molar-refractivity contribution in [2.24, 2.45) is 10.6 Å². The Kier molecular flexibility index (Phi) is 7.86. The number of hydrogen-bond donors (Lipinski definition) is 4. The number of oxime groups is 1. The molecular formula is C18H19N6NaO5S3. The van der Waals surface area contributed by atoms with Crippen LogP contribution in [0.5, 0.6) is 0 Å². The molecule has 4 heterocycles. The van der Waals surface area contributed by atoms with Crippen molar-refractivity contribution in [1.29, 1.82) is 0 Å². The van der Waals surface area contributed by atoms with Gasteiger partial charge in [-0.25, -0.2) is 9.97 Å². The fourth-order valence-corrected chi connectivity index (χ4v) is 6.16. The number of nitrogens with one attached hydrogen (secondary N) is 1. The molecule has 2 aromatic rings. The van der Waals surface area contributed by atoms with Gasteiger partial charge in [-0.2, -0.15) is 0 Å². The molecule has 0 spiro atoms. The van der Waals surface area contributed by atoms with Gasteiger partial charge in [0.1, 0.15) is 11.2 Å². The number of carbonyl (C=O) groups excluding carboxylic acids is 2. The van der Waals surface area contributed by atoms with Gasteiger partial charge in [0, 0.05) is 10.3 Å². The zero-order valence-corrected chi connectivity index (χ0v) is 19.0. The Balaban J connectivity index is 0.00000306. The van der Waals surface area contributed by atoms with Crippen LogP contribution in [0.1, 0.15) is 22.7 Å². The second-order valence-corrected chi connectivity index (χ2v) is 10.1. The number of thioether (sulfide) groups is 1. The van der Waals surface area contributed by atoms with E-state index in [9.17, 15) is 24.7 Å². The number of aromatic nitrogens is 2. The summed E-state index contributed by atoms with van der Waals surface area (Å²) in [6, 6.07) is 0. The summed E-state index contributed by atoms with van der Waals surface area (Å²) in [5.74, 6) is -2.23. The van der Waals surface area contributed by atoms with Crippen LogP contribution in [0.4, 0.5) is 5.13 Å². The monoisotopic (exact) mass is 518 g/mol. The fraction of sp³-hybridized carbons (Fsp3) is 0.333. The Morgan fingerprint density at radius 2 is 2.21 bits per heavy atom. The summed E-state index contributed by atoms with van der Waals surface area (Å²) in [6.45, 7) is 1.77. The van der Waals surface area contributed by atoms with Gasteiger partial charge in [0.25, 0.3) is 0 Å². The molecule has 0 aromatic carbocycles. The third kappa shape index (κ3) is 4.68. The van der Waals surface area contributed by atoms with E-state index in [1.807, 2.05) is 0 Å². The molecule has 0 radical (unpaired) electrons. The van der Waals surface area contributed by atoms with Crippen LogP contribution in [-0.4, -0.2) is 89.1 Å². The number of nitrogens with two attached hydrogens (primary N) is 1. The van der Waals surface area contributed by atoms with Gasteiger partial charge in [-0.05, 0) is 13.0 Å². The quantitative estimate of drug-likeness (QED) is 0.186. The number of nitrogens with zero attached hydrogens (tertiary/aromatic N) is 4. The van der Waals surface area contributed by atoms with E-state index in [4.69, 9.17) is 5.73 Å². The Morgan fingerprint density at radius 3 is 2.76 bits per heavy atom. The fourth-order valence-electron chi connectivity index (χ4n) is 3.55. The maximum atomic E-state index is 12.8. The van der Waals surface area contributed by atoms with Crippen molar-refractivity contribution in [2.45, 2.75) is 31.3 Å². The maximum absolute atomic E-state index is 12.8. The van der Waals surface area contributed by atoms with Gasteiger partial charge < -0.3 is 26.3 Å². The number of anilines is 1. The second kappa shape index (κ2) is 10.1. The number of carbonyl (C=O) groups is 3. The van der Waals surface area contributed by atoms with Gasteiger partial charge in [-0.15, -0.1) is 22.7 Å². The molecule has 170 valence electrons. The van der Waals surface area contributed by atoms with Crippen LogP contribution >= 0.6 is 34.4 Å². The van der Waals surface area contributed by atoms with E-state index < -0.39 is 28.8 Å². The summed E-state index contributed by atoms with van der Waals surface area (Å²) in [7, 11) is 0. The molecule has 2 amide bonds. The summed E-state index contributed by atoms with van der Waals surface area (Å²) in [5, 5.41) is 27.3. The molecule has 0 bridgehead atoms. The van der Waals surface area contributed by atoms with Gasteiger partial charge >= 0.3 is 35.5 Å². The molecule has 33 heavy (non-hydrogen) atoms. The van der Waals surface area contributed by atoms with Crippen LogP contribution < -0.4 is 11.1 Å². The number of carboxylic acid groups (broad SMARTS) is 1. The molecule has 5 N–H and O–H groups in total. The average molecular weight is 519 g/mol. The van der Waals surface area contributed by atoms with Gasteiger partial charge in [-0.3, -0.25) is 14.4 Å². The van der Waals surface area contributed by atoms with E-state index in [1.54, 1.807) is 23.9 Å². The predicted molar refractivity (Wildman–Crippen MR) is 127 cm³/mol. The number of β-lactam (4-membered cyclic amide) rings is 1. The Morgan fingerprint density at radius 1 is 1.45 bits per heavy atom. The molecule has 11 nitrogen and oxygen atoms in total. The molecule has 15 heteroatoms. The van der Waals surface area contributed by atoms with Crippen molar-refractivity contribution in [3.63, 3.8) is 0 Å². The van der Waals surface area contributed by atoms with Crippen LogP contribution in [-0.2, 0) is 20.8 Å². The van der Waals surface area contributed by atoms with E-state index in [0.29, 0.717) is 21.4 Å². The SMILES string of the molecule is Cc1ncsc1C=CC1(C(=O)O)C(=NO)S[C@@H]2CC(=O)N2C1NC(=O)Cc1csc(N)n1.[NaH]. The normalized spacial score (nSPS) is 25.4. The first-order valence-electron chi connectivity index (χ1n) is 9.28. The third-order valence-electron chi connectivity index (χ3n) is 5.19. The van der Waals surface area contributed by atoms with Crippen LogP contribution in [0.25, 0.3) is 6.08 Å². The first kappa shape index (κ1) is 25.6. The summed E-state index contributed by atoms with van der Waals surface area (Å²) < 4.78 is 0. The molecule has 2 aliphatic rings. The standard InChI is InChI=1S/C18H18N6O5S3.Na.H/c1-8-10(31-7-20-8)2-3-18(16(27)28)14(22-11(25)4-9-6-30-17(19)21-9)24-12(26)5-13(24)32-15(18)23-29;;/h2-3,6-7,13-14,29H,4-5H2,1H3,(H2,19,21)(H,22,25)(H,27,28);;/t13-,14?,18?;;/m1../s1. The van der Waals surface area contributed by atoms with Crippen molar-refractivity contribution in [3.8, 4) is 0 Å². The van der Waals surface area contributed by atoms with Crippen molar-refractivity contribution in [1.82, 2.24) is 20.2 Å². The van der Waals surface area contributed by atoms with Crippen molar-refractivity contribution < 1.29 is 24.7 Å². The molecule has 2 saturated heterocycles. The molecule has 4 rings (SSSR count). The number of rotatable bonds is 6. The molecule has 0 aliphatic carbocycles. The number of carboxylic acids is 1. The summed E-state index contributed by atoms with van der Waals surface area (Å²) in [4.78, 5) is 48.1. The minimum absolute atomic E-state index is 0. The minimum atomic E-state index is -2.00. The molecular weight excluding hydrogens is 499 g/mol. The van der Waals surface area contributed by atoms with E-state index in [-0.39, 0.29) is 53.3 Å². The number of nitrogen functional groups attached to an aromatic ring is 1. The molecule has 2 unspecified atom stereocenters. The van der Waals surface area contributed by atoms with Crippen molar-refractivity contribution in [3.05, 3.63) is 33.2 Å². The van der Waals surface area contributed by atoms with Crippen molar-refractivity contribution >= 4 is 98.0 Å². The number of amides is 2. The van der Waals surface area contributed by atoms with Crippen LogP contribution in [0, 0.1) is 12.3 Å². The molecule has 2 aliphatic heterocycles.